The molecular formula is C12H24BrNO. The van der Waals surface area contributed by atoms with Crippen molar-refractivity contribution in [1.82, 2.24) is 4.90 Å². The van der Waals surface area contributed by atoms with Gasteiger partial charge in [-0.05, 0) is 19.3 Å². The van der Waals surface area contributed by atoms with Crippen molar-refractivity contribution in [2.75, 3.05) is 18.9 Å². The van der Waals surface area contributed by atoms with Crippen LogP contribution in [0, 0.1) is 0 Å². The van der Waals surface area contributed by atoms with Gasteiger partial charge in [-0.25, -0.2) is 0 Å². The fraction of sp³-hybridized carbons (Fsp3) is 0.917. The molecule has 0 bridgehead atoms. The minimum absolute atomic E-state index is 0.308. The van der Waals surface area contributed by atoms with E-state index in [9.17, 15) is 4.79 Å². The van der Waals surface area contributed by atoms with Crippen LogP contribution in [0.2, 0.25) is 0 Å². The van der Waals surface area contributed by atoms with Gasteiger partial charge in [-0.2, -0.15) is 0 Å². The highest BCUT2D eigenvalue weighted by Gasteiger charge is 2.06. The fourth-order valence-corrected chi connectivity index (χ4v) is 1.86. The van der Waals surface area contributed by atoms with Crippen LogP contribution in [0.4, 0.5) is 0 Å². The number of amides is 1. The average Bonchev–Trinajstić information content (AvgIpc) is 2.24. The van der Waals surface area contributed by atoms with E-state index in [0.29, 0.717) is 5.91 Å². The number of unbranched alkanes of at least 4 members (excludes halogenated alkanes) is 4. The Morgan fingerprint density at radius 2 is 1.87 bits per heavy atom. The highest BCUT2D eigenvalue weighted by atomic mass is 79.9. The van der Waals surface area contributed by atoms with Crippen LogP contribution in [-0.2, 0) is 4.79 Å². The van der Waals surface area contributed by atoms with E-state index in [2.05, 4.69) is 22.9 Å². The third-order valence-electron chi connectivity index (χ3n) is 2.55. The maximum Gasteiger partial charge on any atom is 0.222 e. The summed E-state index contributed by atoms with van der Waals surface area (Å²) in [6, 6.07) is 0. The summed E-state index contributed by atoms with van der Waals surface area (Å²) in [7, 11) is 1.92. The third-order valence-corrected chi connectivity index (χ3v) is 3.11. The van der Waals surface area contributed by atoms with E-state index in [4.69, 9.17) is 0 Å². The lowest BCUT2D eigenvalue weighted by molar-refractivity contribution is -0.130. The van der Waals surface area contributed by atoms with E-state index in [-0.39, 0.29) is 0 Å². The smallest absolute Gasteiger partial charge is 0.222 e. The highest BCUT2D eigenvalue weighted by Crippen LogP contribution is 2.04. The van der Waals surface area contributed by atoms with Crippen molar-refractivity contribution in [1.29, 1.82) is 0 Å². The minimum atomic E-state index is 0.308. The molecule has 0 saturated carbocycles. The number of nitrogens with zero attached hydrogens (tertiary/aromatic N) is 1. The molecule has 0 aromatic rings. The van der Waals surface area contributed by atoms with Gasteiger partial charge in [-0.15, -0.1) is 0 Å². The zero-order valence-corrected chi connectivity index (χ0v) is 11.7. The topological polar surface area (TPSA) is 20.3 Å². The zero-order valence-electron chi connectivity index (χ0n) is 10.1. The summed E-state index contributed by atoms with van der Waals surface area (Å²) in [6.45, 7) is 3.08. The Labute approximate surface area is 103 Å². The number of alkyl halides is 1. The Morgan fingerprint density at radius 1 is 1.13 bits per heavy atom. The first-order chi connectivity index (χ1) is 7.22. The fourth-order valence-electron chi connectivity index (χ4n) is 1.46. The highest BCUT2D eigenvalue weighted by molar-refractivity contribution is 9.09. The third kappa shape index (κ3) is 8.91. The van der Waals surface area contributed by atoms with E-state index >= 15 is 0 Å². The summed E-state index contributed by atoms with van der Waals surface area (Å²) in [6.07, 6.45) is 7.66. The first-order valence-electron chi connectivity index (χ1n) is 6.02. The molecule has 15 heavy (non-hydrogen) atoms. The predicted octanol–water partition coefficient (Wildman–Crippen LogP) is 3.59. The van der Waals surface area contributed by atoms with Crippen molar-refractivity contribution < 1.29 is 4.79 Å². The number of carbonyl (C=O) groups excluding carboxylic acids is 1. The summed E-state index contributed by atoms with van der Waals surface area (Å²) < 4.78 is 0. The zero-order chi connectivity index (χ0) is 11.5. The first kappa shape index (κ1) is 14.9. The maximum absolute atomic E-state index is 11.6. The molecule has 0 N–H and O–H groups in total. The SMILES string of the molecule is CCCCCC(=O)N(C)CCCCCBr. The lowest BCUT2D eigenvalue weighted by Crippen LogP contribution is -2.27. The normalized spacial score (nSPS) is 10.3. The quantitative estimate of drug-likeness (QED) is 0.466. The number of hydrogen-bond acceptors (Lipinski definition) is 1. The lowest BCUT2D eigenvalue weighted by atomic mass is 10.2. The predicted molar refractivity (Wildman–Crippen MR) is 69.4 cm³/mol. The first-order valence-corrected chi connectivity index (χ1v) is 7.14. The monoisotopic (exact) mass is 277 g/mol. The molecule has 0 aromatic heterocycles. The minimum Gasteiger partial charge on any atom is -0.346 e. The van der Waals surface area contributed by atoms with Gasteiger partial charge < -0.3 is 4.90 Å². The summed E-state index contributed by atoms with van der Waals surface area (Å²) >= 11 is 3.41. The summed E-state index contributed by atoms with van der Waals surface area (Å²) in [4.78, 5) is 13.5. The Balaban J connectivity index is 3.42. The molecule has 0 fully saturated rings. The number of carbonyl (C=O) groups is 1. The van der Waals surface area contributed by atoms with Crippen LogP contribution in [0.1, 0.15) is 51.9 Å². The van der Waals surface area contributed by atoms with Gasteiger partial charge in [-0.1, -0.05) is 42.1 Å². The molecule has 0 aliphatic carbocycles. The molecule has 0 spiro atoms. The van der Waals surface area contributed by atoms with Gasteiger partial charge in [0.25, 0.3) is 0 Å². The van der Waals surface area contributed by atoms with Crippen LogP contribution < -0.4 is 0 Å². The molecular weight excluding hydrogens is 254 g/mol. The standard InChI is InChI=1S/C12H24BrNO/c1-3-4-6-9-12(15)14(2)11-8-5-7-10-13/h3-11H2,1-2H3. The van der Waals surface area contributed by atoms with Crippen LogP contribution in [0.5, 0.6) is 0 Å². The van der Waals surface area contributed by atoms with E-state index in [0.717, 1.165) is 31.1 Å². The maximum atomic E-state index is 11.6. The van der Waals surface area contributed by atoms with Gasteiger partial charge in [-0.3, -0.25) is 4.79 Å². The van der Waals surface area contributed by atoms with Crippen LogP contribution in [0.25, 0.3) is 0 Å². The largest absolute Gasteiger partial charge is 0.346 e. The summed E-state index contributed by atoms with van der Waals surface area (Å²) in [5, 5.41) is 1.07. The Kier molecular flexibility index (Phi) is 10.4. The molecule has 0 aliphatic rings. The van der Waals surface area contributed by atoms with E-state index in [1.54, 1.807) is 0 Å². The average molecular weight is 278 g/mol. The molecule has 0 atom stereocenters. The van der Waals surface area contributed by atoms with Crippen molar-refractivity contribution in [3.05, 3.63) is 0 Å². The summed E-state index contributed by atoms with van der Waals surface area (Å²) in [5.74, 6) is 0.308. The van der Waals surface area contributed by atoms with Gasteiger partial charge in [0, 0.05) is 25.3 Å². The second-order valence-electron chi connectivity index (χ2n) is 4.02. The molecule has 0 aliphatic heterocycles. The molecule has 0 unspecified atom stereocenters. The van der Waals surface area contributed by atoms with Crippen molar-refractivity contribution in [3.63, 3.8) is 0 Å². The number of hydrogen-bond donors (Lipinski definition) is 0. The molecule has 0 heterocycles. The van der Waals surface area contributed by atoms with Crippen molar-refractivity contribution >= 4 is 21.8 Å². The van der Waals surface area contributed by atoms with Gasteiger partial charge >= 0.3 is 0 Å². The van der Waals surface area contributed by atoms with Crippen molar-refractivity contribution in [2.24, 2.45) is 0 Å². The van der Waals surface area contributed by atoms with Crippen LogP contribution >= 0.6 is 15.9 Å². The van der Waals surface area contributed by atoms with Gasteiger partial charge in [0.15, 0.2) is 0 Å². The Morgan fingerprint density at radius 3 is 2.47 bits per heavy atom. The van der Waals surface area contributed by atoms with Gasteiger partial charge in [0.1, 0.15) is 0 Å². The molecule has 2 nitrogen and oxygen atoms in total. The molecule has 1 amide bonds. The second kappa shape index (κ2) is 10.5. The van der Waals surface area contributed by atoms with Gasteiger partial charge in [0.05, 0.1) is 0 Å². The van der Waals surface area contributed by atoms with E-state index in [1.165, 1.54) is 25.7 Å². The lowest BCUT2D eigenvalue weighted by Gasteiger charge is -2.16. The molecule has 3 heteroatoms. The van der Waals surface area contributed by atoms with E-state index in [1.807, 2.05) is 11.9 Å². The second-order valence-corrected chi connectivity index (χ2v) is 4.82. The van der Waals surface area contributed by atoms with Crippen LogP contribution in [0.15, 0.2) is 0 Å². The van der Waals surface area contributed by atoms with Crippen molar-refractivity contribution in [2.45, 2.75) is 51.9 Å². The van der Waals surface area contributed by atoms with Gasteiger partial charge in [0.2, 0.25) is 5.91 Å². The number of rotatable bonds is 9. The van der Waals surface area contributed by atoms with Crippen LogP contribution in [0.3, 0.4) is 0 Å². The Bertz CT molecular complexity index is 162. The van der Waals surface area contributed by atoms with Crippen molar-refractivity contribution in [3.8, 4) is 0 Å². The molecule has 0 rings (SSSR count). The molecule has 0 radical (unpaired) electrons. The van der Waals surface area contributed by atoms with E-state index < -0.39 is 0 Å². The van der Waals surface area contributed by atoms with Crippen LogP contribution in [-0.4, -0.2) is 29.7 Å². The molecule has 90 valence electrons. The molecule has 0 saturated heterocycles. The Hall–Kier alpha value is -0.0500. The number of halogens is 1. The summed E-state index contributed by atoms with van der Waals surface area (Å²) in [5.41, 5.74) is 0. The molecule has 0 aromatic carbocycles.